The van der Waals surface area contributed by atoms with Crippen molar-refractivity contribution in [3.63, 3.8) is 0 Å². The van der Waals surface area contributed by atoms with Crippen LogP contribution in [0.2, 0.25) is 5.02 Å². The number of halogens is 1. The maximum Gasteiger partial charge on any atom is 0.294 e. The molecule has 0 aliphatic heterocycles. The summed E-state index contributed by atoms with van der Waals surface area (Å²) in [7, 11) is 1.49. The zero-order valence-corrected chi connectivity index (χ0v) is 16.0. The van der Waals surface area contributed by atoms with E-state index in [0.717, 1.165) is 16.5 Å². The number of nitrogens with two attached hydrogens (primary N) is 1. The van der Waals surface area contributed by atoms with Gasteiger partial charge in [-0.1, -0.05) is 29.8 Å². The Bertz CT molecular complexity index is 1220. The van der Waals surface area contributed by atoms with Gasteiger partial charge in [-0.05, 0) is 48.0 Å². The van der Waals surface area contributed by atoms with Crippen LogP contribution in [0, 0.1) is 0 Å². The molecule has 0 spiro atoms. The molecule has 0 radical (unpaired) electrons. The minimum absolute atomic E-state index is 0.235. The average molecular weight is 392 g/mol. The van der Waals surface area contributed by atoms with Gasteiger partial charge in [-0.3, -0.25) is 9.78 Å². The van der Waals surface area contributed by atoms with Gasteiger partial charge in [0, 0.05) is 22.3 Å². The molecule has 0 atom stereocenters. The van der Waals surface area contributed by atoms with Gasteiger partial charge in [0.15, 0.2) is 5.75 Å². The summed E-state index contributed by atoms with van der Waals surface area (Å²) in [5.74, 6) is 0.235. The second-order valence-electron chi connectivity index (χ2n) is 6.42. The van der Waals surface area contributed by atoms with Gasteiger partial charge < -0.3 is 15.0 Å². The van der Waals surface area contributed by atoms with Gasteiger partial charge in [0.1, 0.15) is 0 Å². The Morgan fingerprint density at radius 1 is 1.11 bits per heavy atom. The first-order valence-corrected chi connectivity index (χ1v) is 9.12. The Kier molecular flexibility index (Phi) is 4.75. The highest BCUT2D eigenvalue weighted by molar-refractivity contribution is 6.30. The molecule has 2 heterocycles. The molecule has 5 nitrogen and oxygen atoms in total. The van der Waals surface area contributed by atoms with Gasteiger partial charge >= 0.3 is 0 Å². The van der Waals surface area contributed by atoms with E-state index in [4.69, 9.17) is 22.1 Å². The number of aromatic nitrogens is 2. The molecule has 0 unspecified atom stereocenters. The van der Waals surface area contributed by atoms with Crippen LogP contribution >= 0.6 is 11.6 Å². The number of pyridine rings is 2. The number of rotatable bonds is 4. The number of ether oxygens (including phenoxy) is 1. The molecule has 0 fully saturated rings. The topological polar surface area (TPSA) is 70.1 Å². The number of hydrogen-bond donors (Lipinski definition) is 1. The van der Waals surface area contributed by atoms with Crippen molar-refractivity contribution in [2.45, 2.75) is 6.54 Å². The Balaban J connectivity index is 2.05. The molecule has 0 saturated heterocycles. The van der Waals surface area contributed by atoms with Crippen LogP contribution < -0.4 is 16.0 Å². The van der Waals surface area contributed by atoms with Gasteiger partial charge in [-0.25, -0.2) is 0 Å². The molecule has 0 bridgehead atoms. The van der Waals surface area contributed by atoms with Gasteiger partial charge in [0.2, 0.25) is 0 Å². The third-order valence-electron chi connectivity index (χ3n) is 4.60. The van der Waals surface area contributed by atoms with Crippen molar-refractivity contribution < 1.29 is 4.74 Å². The Labute approximate surface area is 167 Å². The van der Waals surface area contributed by atoms with Gasteiger partial charge in [-0.15, -0.1) is 0 Å². The van der Waals surface area contributed by atoms with Crippen molar-refractivity contribution in [3.8, 4) is 17.0 Å². The van der Waals surface area contributed by atoms with Crippen LogP contribution in [0.1, 0.15) is 5.56 Å². The quantitative estimate of drug-likeness (QED) is 0.525. The van der Waals surface area contributed by atoms with Crippen molar-refractivity contribution in [2.75, 3.05) is 12.8 Å². The molecule has 0 amide bonds. The van der Waals surface area contributed by atoms with E-state index in [2.05, 4.69) is 4.98 Å². The van der Waals surface area contributed by atoms with Crippen molar-refractivity contribution in [3.05, 3.63) is 87.8 Å². The normalized spacial score (nSPS) is 10.9. The maximum atomic E-state index is 13.3. The zero-order valence-electron chi connectivity index (χ0n) is 15.2. The van der Waals surface area contributed by atoms with E-state index >= 15 is 0 Å². The van der Waals surface area contributed by atoms with E-state index in [1.54, 1.807) is 22.9 Å². The molecule has 0 aliphatic rings. The summed E-state index contributed by atoms with van der Waals surface area (Å²) in [5, 5.41) is 1.42. The monoisotopic (exact) mass is 391 g/mol. The van der Waals surface area contributed by atoms with E-state index in [1.165, 1.54) is 7.11 Å². The summed E-state index contributed by atoms with van der Waals surface area (Å²) in [6.45, 7) is 0.360. The first-order valence-electron chi connectivity index (χ1n) is 8.74. The maximum absolute atomic E-state index is 13.3. The van der Waals surface area contributed by atoms with E-state index in [0.29, 0.717) is 28.5 Å². The lowest BCUT2D eigenvalue weighted by atomic mass is 10.0. The number of anilines is 1. The standard InChI is InChI=1S/C22H18ClN3O2/c1-28-21-20(18-7-2-3-10-25-18)17-12-16(24)8-9-19(17)26(22(21)27)13-14-5-4-6-15(23)11-14/h2-12H,13,24H2,1H3. The highest BCUT2D eigenvalue weighted by Crippen LogP contribution is 2.34. The third kappa shape index (κ3) is 3.21. The second kappa shape index (κ2) is 7.37. The molecular weight excluding hydrogens is 374 g/mol. The SMILES string of the molecule is COc1c(-c2ccccn2)c2cc(N)ccc2n(Cc2cccc(Cl)c2)c1=O. The van der Waals surface area contributed by atoms with Gasteiger partial charge in [-0.2, -0.15) is 0 Å². The van der Waals surface area contributed by atoms with Crippen molar-refractivity contribution in [2.24, 2.45) is 0 Å². The molecule has 0 saturated carbocycles. The van der Waals surface area contributed by atoms with Crippen LogP contribution in [-0.4, -0.2) is 16.7 Å². The van der Waals surface area contributed by atoms with Crippen LogP contribution in [0.15, 0.2) is 71.7 Å². The molecule has 28 heavy (non-hydrogen) atoms. The lowest BCUT2D eigenvalue weighted by Crippen LogP contribution is -2.23. The van der Waals surface area contributed by atoms with E-state index in [9.17, 15) is 4.79 Å². The van der Waals surface area contributed by atoms with Crippen molar-refractivity contribution in [1.29, 1.82) is 0 Å². The van der Waals surface area contributed by atoms with E-state index in [1.807, 2.05) is 48.5 Å². The number of nitrogens with zero attached hydrogens (tertiary/aromatic N) is 2. The third-order valence-corrected chi connectivity index (χ3v) is 4.84. The first-order chi connectivity index (χ1) is 13.6. The number of fused-ring (bicyclic) bond motifs is 1. The predicted molar refractivity (Wildman–Crippen MR) is 113 cm³/mol. The van der Waals surface area contributed by atoms with E-state index < -0.39 is 0 Å². The van der Waals surface area contributed by atoms with Crippen molar-refractivity contribution in [1.82, 2.24) is 9.55 Å². The minimum atomic E-state index is -0.236. The van der Waals surface area contributed by atoms with Gasteiger partial charge in [0.05, 0.1) is 30.4 Å². The highest BCUT2D eigenvalue weighted by atomic mass is 35.5. The lowest BCUT2D eigenvalue weighted by Gasteiger charge is -2.17. The number of nitrogen functional groups attached to an aromatic ring is 1. The Hall–Kier alpha value is -3.31. The minimum Gasteiger partial charge on any atom is -0.491 e. The molecule has 4 aromatic rings. The molecule has 2 aromatic carbocycles. The summed E-state index contributed by atoms with van der Waals surface area (Å²) < 4.78 is 7.21. The highest BCUT2D eigenvalue weighted by Gasteiger charge is 2.20. The summed E-state index contributed by atoms with van der Waals surface area (Å²) in [6.07, 6.45) is 1.68. The largest absolute Gasteiger partial charge is 0.491 e. The molecule has 2 N–H and O–H groups in total. The number of hydrogen-bond acceptors (Lipinski definition) is 4. The second-order valence-corrected chi connectivity index (χ2v) is 6.86. The number of methoxy groups -OCH3 is 1. The molecule has 2 aromatic heterocycles. The fourth-order valence-electron chi connectivity index (χ4n) is 3.38. The molecule has 6 heteroatoms. The molecule has 4 rings (SSSR count). The summed E-state index contributed by atoms with van der Waals surface area (Å²) in [6, 6.07) is 18.5. The lowest BCUT2D eigenvalue weighted by molar-refractivity contribution is 0.407. The van der Waals surface area contributed by atoms with Gasteiger partial charge in [0.25, 0.3) is 5.56 Å². The average Bonchev–Trinajstić information content (AvgIpc) is 2.70. The smallest absolute Gasteiger partial charge is 0.294 e. The molecule has 140 valence electrons. The van der Waals surface area contributed by atoms with E-state index in [-0.39, 0.29) is 11.3 Å². The first kappa shape index (κ1) is 18.1. The number of benzene rings is 2. The van der Waals surface area contributed by atoms with Crippen LogP contribution in [-0.2, 0) is 6.54 Å². The van der Waals surface area contributed by atoms with Crippen LogP contribution in [0.3, 0.4) is 0 Å². The molecular formula is C22H18ClN3O2. The zero-order chi connectivity index (χ0) is 19.7. The predicted octanol–water partition coefficient (Wildman–Crippen LogP) is 4.36. The van der Waals surface area contributed by atoms with Crippen LogP contribution in [0.5, 0.6) is 5.75 Å². The fourth-order valence-corrected chi connectivity index (χ4v) is 3.59. The summed E-state index contributed by atoms with van der Waals surface area (Å²) >= 11 is 6.12. The van der Waals surface area contributed by atoms with Crippen LogP contribution in [0.25, 0.3) is 22.2 Å². The van der Waals surface area contributed by atoms with Crippen LogP contribution in [0.4, 0.5) is 5.69 Å². The molecule has 0 aliphatic carbocycles. The summed E-state index contributed by atoms with van der Waals surface area (Å²) in [4.78, 5) is 17.7. The Morgan fingerprint density at radius 2 is 1.96 bits per heavy atom. The van der Waals surface area contributed by atoms with Crippen molar-refractivity contribution >= 4 is 28.2 Å². The fraction of sp³-hybridized carbons (Fsp3) is 0.0909. The summed E-state index contributed by atoms with van der Waals surface area (Å²) in [5.41, 5.74) is 9.38. The Morgan fingerprint density at radius 3 is 2.68 bits per heavy atom.